The minimum atomic E-state index is -5.74. The first kappa shape index (κ1) is 28.3. The van der Waals surface area contributed by atoms with E-state index in [-0.39, 0.29) is 6.61 Å². The van der Waals surface area contributed by atoms with Gasteiger partial charge in [-0.05, 0) is 28.3 Å². The van der Waals surface area contributed by atoms with Crippen LogP contribution in [0.3, 0.4) is 0 Å². The summed E-state index contributed by atoms with van der Waals surface area (Å²) in [5, 5.41) is 0. The molecule has 1 heterocycles. The zero-order valence-corrected chi connectivity index (χ0v) is 22.6. The van der Waals surface area contributed by atoms with Crippen molar-refractivity contribution in [2.24, 2.45) is 0 Å². The van der Waals surface area contributed by atoms with E-state index in [0.29, 0.717) is 22.3 Å². The Kier molecular flexibility index (Phi) is 7.84. The van der Waals surface area contributed by atoms with E-state index >= 15 is 0 Å². The molecule has 0 N–H and O–H groups in total. The van der Waals surface area contributed by atoms with E-state index in [1.807, 2.05) is 36.4 Å². The second-order valence-electron chi connectivity index (χ2n) is 9.56. The molecule has 0 saturated carbocycles. The molecule has 5 rings (SSSR count). The number of benzene rings is 4. The Morgan fingerprint density at radius 2 is 1.15 bits per heavy atom. The van der Waals surface area contributed by atoms with Crippen molar-refractivity contribution in [2.45, 2.75) is 23.7 Å². The molecule has 0 bridgehead atoms. The van der Waals surface area contributed by atoms with Gasteiger partial charge >= 0.3 is 11.5 Å². The lowest BCUT2D eigenvalue weighted by molar-refractivity contribution is -0.150. The SMILES string of the molecule is O=C(OCc1ccccc1)[C@@H]1C=C(S(=O)(=O)C(F)(F)F)CN1C(c1ccccc1)(c1ccccc1)c1ccccc1. The number of carbonyl (C=O) groups excluding carboxylic acids is 1. The first-order valence-electron chi connectivity index (χ1n) is 12.8. The van der Waals surface area contributed by atoms with Gasteiger partial charge in [-0.3, -0.25) is 4.90 Å². The summed E-state index contributed by atoms with van der Waals surface area (Å²) < 4.78 is 72.4. The zero-order chi connectivity index (χ0) is 29.1. The van der Waals surface area contributed by atoms with Crippen molar-refractivity contribution in [3.8, 4) is 0 Å². The normalized spacial score (nSPS) is 16.3. The lowest BCUT2D eigenvalue weighted by Gasteiger charge is -2.46. The highest BCUT2D eigenvalue weighted by molar-refractivity contribution is 7.96. The lowest BCUT2D eigenvalue weighted by atomic mass is 9.75. The third-order valence-corrected chi connectivity index (χ3v) is 8.69. The maximum absolute atomic E-state index is 13.8. The van der Waals surface area contributed by atoms with Crippen LogP contribution in [0, 0.1) is 0 Å². The van der Waals surface area contributed by atoms with Gasteiger partial charge in [-0.15, -0.1) is 0 Å². The average molecular weight is 578 g/mol. The highest BCUT2D eigenvalue weighted by Crippen LogP contribution is 2.47. The van der Waals surface area contributed by atoms with Gasteiger partial charge in [0.25, 0.3) is 9.84 Å². The van der Waals surface area contributed by atoms with Gasteiger partial charge < -0.3 is 4.74 Å². The highest BCUT2D eigenvalue weighted by Gasteiger charge is 2.55. The highest BCUT2D eigenvalue weighted by atomic mass is 32.2. The van der Waals surface area contributed by atoms with Gasteiger partial charge in [0, 0.05) is 6.54 Å². The van der Waals surface area contributed by atoms with Gasteiger partial charge in [0.2, 0.25) is 0 Å². The van der Waals surface area contributed by atoms with Crippen molar-refractivity contribution < 1.29 is 31.1 Å². The molecule has 9 heteroatoms. The van der Waals surface area contributed by atoms with Crippen LogP contribution in [-0.4, -0.2) is 37.4 Å². The van der Waals surface area contributed by atoms with Crippen LogP contribution in [0.2, 0.25) is 0 Å². The number of hydrogen-bond donors (Lipinski definition) is 0. The molecule has 0 saturated heterocycles. The zero-order valence-electron chi connectivity index (χ0n) is 21.7. The maximum Gasteiger partial charge on any atom is 0.501 e. The van der Waals surface area contributed by atoms with Crippen LogP contribution < -0.4 is 0 Å². The largest absolute Gasteiger partial charge is 0.501 e. The van der Waals surface area contributed by atoms with E-state index in [1.54, 1.807) is 84.9 Å². The van der Waals surface area contributed by atoms with Gasteiger partial charge in [0.15, 0.2) is 0 Å². The predicted molar refractivity (Wildman–Crippen MR) is 149 cm³/mol. The molecule has 4 aromatic rings. The van der Waals surface area contributed by atoms with Crippen molar-refractivity contribution in [2.75, 3.05) is 6.54 Å². The standard InChI is InChI=1S/C32H26F3NO4S/c33-32(34,35)41(38,39)28-21-29(30(37)40-23-24-13-5-1-6-14-24)36(22-28)31(25-15-7-2-8-16-25,26-17-9-3-10-18-26)27-19-11-4-12-20-27/h1-21,29H,22-23H2/t29-/m0/s1. The lowest BCUT2D eigenvalue weighted by Crippen LogP contribution is -2.53. The first-order valence-corrected chi connectivity index (χ1v) is 14.3. The molecule has 210 valence electrons. The Balaban J connectivity index is 1.72. The number of nitrogens with zero attached hydrogens (tertiary/aromatic N) is 1. The maximum atomic E-state index is 13.8. The van der Waals surface area contributed by atoms with Gasteiger partial charge in [-0.1, -0.05) is 121 Å². The molecule has 0 amide bonds. The van der Waals surface area contributed by atoms with Crippen molar-refractivity contribution in [3.63, 3.8) is 0 Å². The number of carbonyl (C=O) groups is 1. The first-order chi connectivity index (χ1) is 19.7. The number of halogens is 3. The summed E-state index contributed by atoms with van der Waals surface area (Å²) >= 11 is 0. The van der Waals surface area contributed by atoms with Gasteiger partial charge in [-0.25, -0.2) is 13.2 Å². The fraction of sp³-hybridized carbons (Fsp3) is 0.156. The van der Waals surface area contributed by atoms with E-state index in [0.717, 1.165) is 6.08 Å². The molecule has 1 aliphatic rings. The summed E-state index contributed by atoms with van der Waals surface area (Å²) in [6.07, 6.45) is 0.875. The van der Waals surface area contributed by atoms with Crippen LogP contribution in [0.25, 0.3) is 0 Å². The second-order valence-corrected chi connectivity index (χ2v) is 11.6. The van der Waals surface area contributed by atoms with Crippen LogP contribution >= 0.6 is 0 Å². The number of hydrogen-bond acceptors (Lipinski definition) is 5. The van der Waals surface area contributed by atoms with Crippen LogP contribution in [0.5, 0.6) is 0 Å². The molecule has 1 aliphatic heterocycles. The fourth-order valence-corrected chi connectivity index (χ4v) is 6.19. The summed E-state index contributed by atoms with van der Waals surface area (Å²) in [6.45, 7) is -0.806. The molecule has 4 aromatic carbocycles. The number of rotatable bonds is 8. The van der Waals surface area contributed by atoms with Crippen molar-refractivity contribution in [1.82, 2.24) is 4.90 Å². The number of alkyl halides is 3. The van der Waals surface area contributed by atoms with Crippen molar-refractivity contribution >= 4 is 15.8 Å². The molecular weight excluding hydrogens is 551 g/mol. The molecular formula is C32H26F3NO4S. The topological polar surface area (TPSA) is 63.7 Å². The minimum Gasteiger partial charge on any atom is -0.459 e. The Morgan fingerprint density at radius 3 is 1.56 bits per heavy atom. The summed E-state index contributed by atoms with van der Waals surface area (Å²) in [5.74, 6) is -0.867. The second kappa shape index (κ2) is 11.3. The number of sulfone groups is 1. The molecule has 0 unspecified atom stereocenters. The van der Waals surface area contributed by atoms with Gasteiger partial charge in [0.1, 0.15) is 12.6 Å². The van der Waals surface area contributed by atoms with E-state index < -0.39 is 44.3 Å². The average Bonchev–Trinajstić information content (AvgIpc) is 3.45. The molecule has 0 spiro atoms. The molecule has 0 radical (unpaired) electrons. The summed E-state index contributed by atoms with van der Waals surface area (Å²) in [5.41, 5.74) is -4.31. The molecule has 5 nitrogen and oxygen atoms in total. The summed E-state index contributed by atoms with van der Waals surface area (Å²) in [7, 11) is -5.74. The van der Waals surface area contributed by atoms with E-state index in [1.165, 1.54) is 4.90 Å². The quantitative estimate of drug-likeness (QED) is 0.184. The number of ether oxygens (including phenoxy) is 1. The smallest absolute Gasteiger partial charge is 0.459 e. The molecule has 0 aliphatic carbocycles. The third-order valence-electron chi connectivity index (χ3n) is 7.13. The summed E-state index contributed by atoms with van der Waals surface area (Å²) in [6, 6.07) is 34.4. The van der Waals surface area contributed by atoms with Crippen LogP contribution in [0.1, 0.15) is 22.3 Å². The fourth-order valence-electron chi connectivity index (χ4n) is 5.28. The van der Waals surface area contributed by atoms with Crippen molar-refractivity contribution in [3.05, 3.63) is 155 Å². The van der Waals surface area contributed by atoms with Gasteiger partial charge in [0.05, 0.1) is 10.4 Å². The van der Waals surface area contributed by atoms with Crippen LogP contribution in [0.4, 0.5) is 13.2 Å². The van der Waals surface area contributed by atoms with Crippen LogP contribution in [-0.2, 0) is 31.5 Å². The minimum absolute atomic E-state index is 0.131. The molecule has 0 aromatic heterocycles. The Hall–Kier alpha value is -4.21. The Bertz CT molecular complexity index is 1530. The van der Waals surface area contributed by atoms with E-state index in [4.69, 9.17) is 4.74 Å². The van der Waals surface area contributed by atoms with E-state index in [9.17, 15) is 26.4 Å². The monoisotopic (exact) mass is 577 g/mol. The summed E-state index contributed by atoms with van der Waals surface area (Å²) in [4.78, 5) is 14.3. The predicted octanol–water partition coefficient (Wildman–Crippen LogP) is 6.22. The Morgan fingerprint density at radius 1 is 0.732 bits per heavy atom. The molecule has 41 heavy (non-hydrogen) atoms. The molecule has 1 atom stereocenters. The van der Waals surface area contributed by atoms with Gasteiger partial charge in [-0.2, -0.15) is 13.2 Å². The number of esters is 1. The third kappa shape index (κ3) is 5.30. The Labute approximate surface area is 236 Å². The molecule has 0 fully saturated rings. The van der Waals surface area contributed by atoms with Crippen LogP contribution in [0.15, 0.2) is 132 Å². The van der Waals surface area contributed by atoms with E-state index in [2.05, 4.69) is 0 Å². The van der Waals surface area contributed by atoms with Crippen molar-refractivity contribution in [1.29, 1.82) is 0 Å².